The standard InChI is InChI=1S/C12H19N3O/c1-9-4-5-15(8-11(9)16)7-10-2-3-12(13)14-6-10/h2-3,6,9,11,16H,4-5,7-8H2,1H3,(H2,13,14). The van der Waals surface area contributed by atoms with Crippen molar-refractivity contribution in [2.24, 2.45) is 5.92 Å². The minimum atomic E-state index is -0.199. The van der Waals surface area contributed by atoms with Crippen molar-refractivity contribution in [3.05, 3.63) is 23.9 Å². The second-order valence-electron chi connectivity index (χ2n) is 4.66. The molecule has 0 spiro atoms. The van der Waals surface area contributed by atoms with Crippen molar-refractivity contribution in [3.63, 3.8) is 0 Å². The molecule has 1 aromatic heterocycles. The van der Waals surface area contributed by atoms with Crippen LogP contribution in [0.5, 0.6) is 0 Å². The molecule has 1 saturated heterocycles. The van der Waals surface area contributed by atoms with Crippen LogP contribution >= 0.6 is 0 Å². The maximum atomic E-state index is 9.79. The van der Waals surface area contributed by atoms with Gasteiger partial charge in [-0.2, -0.15) is 0 Å². The summed E-state index contributed by atoms with van der Waals surface area (Å²) in [6, 6.07) is 3.81. The molecule has 2 heterocycles. The Morgan fingerprint density at radius 2 is 2.38 bits per heavy atom. The van der Waals surface area contributed by atoms with E-state index in [2.05, 4.69) is 16.8 Å². The van der Waals surface area contributed by atoms with Crippen molar-refractivity contribution in [2.45, 2.75) is 26.0 Å². The lowest BCUT2D eigenvalue weighted by atomic mass is 9.96. The number of nitrogens with two attached hydrogens (primary N) is 1. The van der Waals surface area contributed by atoms with E-state index >= 15 is 0 Å². The molecule has 1 aliphatic rings. The van der Waals surface area contributed by atoms with Crippen LogP contribution in [0.2, 0.25) is 0 Å². The first-order chi connectivity index (χ1) is 7.65. The van der Waals surface area contributed by atoms with Gasteiger partial charge < -0.3 is 10.8 Å². The Hall–Kier alpha value is -1.13. The molecule has 4 heteroatoms. The first-order valence-corrected chi connectivity index (χ1v) is 5.76. The molecular formula is C12H19N3O. The van der Waals surface area contributed by atoms with Gasteiger partial charge in [-0.25, -0.2) is 4.98 Å². The summed E-state index contributed by atoms with van der Waals surface area (Å²) in [5.41, 5.74) is 6.68. The molecule has 0 saturated carbocycles. The fourth-order valence-electron chi connectivity index (χ4n) is 2.05. The molecule has 1 aliphatic heterocycles. The zero-order chi connectivity index (χ0) is 11.5. The topological polar surface area (TPSA) is 62.4 Å². The number of likely N-dealkylation sites (tertiary alicyclic amines) is 1. The third-order valence-electron chi connectivity index (χ3n) is 3.26. The number of aromatic nitrogens is 1. The molecule has 2 rings (SSSR count). The predicted octanol–water partition coefficient (Wildman–Crippen LogP) is 0.867. The normalized spacial score (nSPS) is 26.9. The lowest BCUT2D eigenvalue weighted by molar-refractivity contribution is 0.0259. The first kappa shape index (κ1) is 11.4. The Morgan fingerprint density at radius 3 is 3.00 bits per heavy atom. The number of hydrogen-bond donors (Lipinski definition) is 2. The van der Waals surface area contributed by atoms with Crippen LogP contribution < -0.4 is 5.73 Å². The first-order valence-electron chi connectivity index (χ1n) is 5.76. The lowest BCUT2D eigenvalue weighted by Crippen LogP contribution is -2.42. The van der Waals surface area contributed by atoms with Crippen LogP contribution in [0.4, 0.5) is 5.82 Å². The number of nitrogens with zero attached hydrogens (tertiary/aromatic N) is 2. The van der Waals surface area contributed by atoms with Gasteiger partial charge in [0, 0.05) is 19.3 Å². The quantitative estimate of drug-likeness (QED) is 0.777. The van der Waals surface area contributed by atoms with Crippen LogP contribution in [0, 0.1) is 5.92 Å². The number of hydrogen-bond acceptors (Lipinski definition) is 4. The van der Waals surface area contributed by atoms with E-state index in [1.807, 2.05) is 12.1 Å². The molecule has 1 aromatic rings. The van der Waals surface area contributed by atoms with Crippen LogP contribution in [-0.2, 0) is 6.54 Å². The summed E-state index contributed by atoms with van der Waals surface area (Å²) < 4.78 is 0. The van der Waals surface area contributed by atoms with Gasteiger partial charge in [-0.1, -0.05) is 13.0 Å². The van der Waals surface area contributed by atoms with Gasteiger partial charge in [-0.15, -0.1) is 0 Å². The number of aliphatic hydroxyl groups excluding tert-OH is 1. The zero-order valence-electron chi connectivity index (χ0n) is 9.63. The largest absolute Gasteiger partial charge is 0.392 e. The van der Waals surface area contributed by atoms with Gasteiger partial charge in [0.15, 0.2) is 0 Å². The van der Waals surface area contributed by atoms with Gasteiger partial charge in [0.25, 0.3) is 0 Å². The average molecular weight is 221 g/mol. The van der Waals surface area contributed by atoms with Crippen LogP contribution in [-0.4, -0.2) is 34.2 Å². The Bertz CT molecular complexity index is 339. The Balaban J connectivity index is 1.93. The maximum absolute atomic E-state index is 9.79. The number of β-amino-alcohol motifs (C(OH)–C–C–N with tert-alkyl or cyclic N) is 1. The van der Waals surface area contributed by atoms with Gasteiger partial charge in [0.1, 0.15) is 5.82 Å². The molecule has 3 N–H and O–H groups in total. The lowest BCUT2D eigenvalue weighted by Gasteiger charge is -2.34. The van der Waals surface area contributed by atoms with Gasteiger partial charge in [-0.05, 0) is 30.5 Å². The fourth-order valence-corrected chi connectivity index (χ4v) is 2.05. The van der Waals surface area contributed by atoms with E-state index in [-0.39, 0.29) is 6.10 Å². The highest BCUT2D eigenvalue weighted by Gasteiger charge is 2.23. The monoisotopic (exact) mass is 221 g/mol. The zero-order valence-corrected chi connectivity index (χ0v) is 9.63. The minimum Gasteiger partial charge on any atom is -0.392 e. The second-order valence-corrected chi connectivity index (χ2v) is 4.66. The third kappa shape index (κ3) is 2.71. The number of rotatable bonds is 2. The Labute approximate surface area is 96.1 Å². The molecule has 0 aliphatic carbocycles. The van der Waals surface area contributed by atoms with E-state index in [1.165, 1.54) is 0 Å². The molecule has 4 nitrogen and oxygen atoms in total. The molecule has 2 atom stereocenters. The highest BCUT2D eigenvalue weighted by Crippen LogP contribution is 2.18. The second kappa shape index (κ2) is 4.80. The molecule has 0 aromatic carbocycles. The highest BCUT2D eigenvalue weighted by molar-refractivity contribution is 5.29. The van der Waals surface area contributed by atoms with Crippen LogP contribution in [0.3, 0.4) is 0 Å². The third-order valence-corrected chi connectivity index (χ3v) is 3.26. The van der Waals surface area contributed by atoms with E-state index < -0.39 is 0 Å². The van der Waals surface area contributed by atoms with Crippen LogP contribution in [0.25, 0.3) is 0 Å². The van der Waals surface area contributed by atoms with Gasteiger partial charge in [0.05, 0.1) is 6.10 Å². The number of piperidine rings is 1. The summed E-state index contributed by atoms with van der Waals surface area (Å²) >= 11 is 0. The Kier molecular flexibility index (Phi) is 3.41. The summed E-state index contributed by atoms with van der Waals surface area (Å²) in [5, 5.41) is 9.79. The fraction of sp³-hybridized carbons (Fsp3) is 0.583. The molecule has 2 unspecified atom stereocenters. The number of nitrogen functional groups attached to an aromatic ring is 1. The van der Waals surface area contributed by atoms with E-state index in [4.69, 9.17) is 5.73 Å². The van der Waals surface area contributed by atoms with Crippen LogP contribution in [0.15, 0.2) is 18.3 Å². The predicted molar refractivity (Wildman–Crippen MR) is 63.7 cm³/mol. The van der Waals surface area contributed by atoms with E-state index in [9.17, 15) is 5.11 Å². The van der Waals surface area contributed by atoms with Crippen molar-refractivity contribution in [2.75, 3.05) is 18.8 Å². The van der Waals surface area contributed by atoms with Crippen molar-refractivity contribution < 1.29 is 5.11 Å². The van der Waals surface area contributed by atoms with Gasteiger partial charge in [-0.3, -0.25) is 4.90 Å². The van der Waals surface area contributed by atoms with Gasteiger partial charge >= 0.3 is 0 Å². The summed E-state index contributed by atoms with van der Waals surface area (Å²) in [6.07, 6.45) is 2.67. The minimum absolute atomic E-state index is 0.199. The molecule has 16 heavy (non-hydrogen) atoms. The summed E-state index contributed by atoms with van der Waals surface area (Å²) in [6.45, 7) is 4.75. The highest BCUT2D eigenvalue weighted by atomic mass is 16.3. The van der Waals surface area contributed by atoms with Crippen molar-refractivity contribution in [1.82, 2.24) is 9.88 Å². The summed E-state index contributed by atoms with van der Waals surface area (Å²) in [7, 11) is 0. The van der Waals surface area contributed by atoms with E-state index in [0.717, 1.165) is 31.6 Å². The van der Waals surface area contributed by atoms with Crippen molar-refractivity contribution >= 4 is 5.82 Å². The molecule has 0 amide bonds. The molecular weight excluding hydrogens is 202 g/mol. The summed E-state index contributed by atoms with van der Waals surface area (Å²) in [5.74, 6) is 0.969. The van der Waals surface area contributed by atoms with E-state index in [0.29, 0.717) is 11.7 Å². The van der Waals surface area contributed by atoms with Gasteiger partial charge in [0.2, 0.25) is 0 Å². The van der Waals surface area contributed by atoms with Crippen LogP contribution in [0.1, 0.15) is 18.9 Å². The van der Waals surface area contributed by atoms with Crippen molar-refractivity contribution in [3.8, 4) is 0 Å². The average Bonchev–Trinajstić information content (AvgIpc) is 2.27. The molecule has 0 radical (unpaired) electrons. The van der Waals surface area contributed by atoms with Crippen molar-refractivity contribution in [1.29, 1.82) is 0 Å². The summed E-state index contributed by atoms with van der Waals surface area (Å²) in [4.78, 5) is 6.33. The number of aliphatic hydroxyl groups is 1. The number of pyridine rings is 1. The SMILES string of the molecule is CC1CCN(Cc2ccc(N)nc2)CC1O. The molecule has 1 fully saturated rings. The Morgan fingerprint density at radius 1 is 1.56 bits per heavy atom. The molecule has 88 valence electrons. The molecule has 0 bridgehead atoms. The number of anilines is 1. The van der Waals surface area contributed by atoms with E-state index in [1.54, 1.807) is 6.20 Å². The smallest absolute Gasteiger partial charge is 0.123 e. The maximum Gasteiger partial charge on any atom is 0.123 e.